The highest BCUT2D eigenvalue weighted by atomic mass is 15.3. The topological polar surface area (TPSA) is 33.1 Å². The predicted octanol–water partition coefficient (Wildman–Crippen LogP) is 0.949. The molecule has 0 atom stereocenters. The molecule has 4 heteroatoms. The molecule has 0 aromatic carbocycles. The first kappa shape index (κ1) is 11.0. The molecule has 1 aromatic rings. The second-order valence-electron chi connectivity index (χ2n) is 3.49. The molecule has 0 aliphatic rings. The third-order valence-electron chi connectivity index (χ3n) is 2.21. The highest BCUT2D eigenvalue weighted by Crippen LogP contribution is 2.09. The summed E-state index contributed by atoms with van der Waals surface area (Å²) < 4.78 is 1.99. The van der Waals surface area contributed by atoms with Crippen molar-refractivity contribution in [2.24, 2.45) is 0 Å². The van der Waals surface area contributed by atoms with Crippen LogP contribution in [-0.2, 0) is 6.54 Å². The first-order valence-electron chi connectivity index (χ1n) is 5.16. The molecule has 4 nitrogen and oxygen atoms in total. The number of likely N-dealkylation sites (N-methyl/N-ethyl adjacent to an activating group) is 2. The van der Waals surface area contributed by atoms with Gasteiger partial charge in [0, 0.05) is 32.9 Å². The largest absolute Gasteiger partial charge is 0.371 e. The number of nitrogens with zero attached hydrogens (tertiary/aromatic N) is 3. The zero-order chi connectivity index (χ0) is 10.4. The second kappa shape index (κ2) is 5.65. The Kier molecular flexibility index (Phi) is 4.46. The van der Waals surface area contributed by atoms with E-state index in [2.05, 4.69) is 35.5 Å². The van der Waals surface area contributed by atoms with Crippen LogP contribution in [0.1, 0.15) is 13.3 Å². The van der Waals surface area contributed by atoms with Crippen LogP contribution < -0.4 is 10.2 Å². The molecule has 0 amide bonds. The Balaban J connectivity index is 2.48. The summed E-state index contributed by atoms with van der Waals surface area (Å²) in [6.07, 6.45) is 5.14. The normalized spacial score (nSPS) is 10.5. The molecule has 0 aliphatic carbocycles. The summed E-state index contributed by atoms with van der Waals surface area (Å²) in [7, 11) is 4.05. The number of rotatable bonds is 6. The van der Waals surface area contributed by atoms with E-state index >= 15 is 0 Å². The van der Waals surface area contributed by atoms with Gasteiger partial charge in [0.1, 0.15) is 0 Å². The van der Waals surface area contributed by atoms with E-state index in [0.717, 1.165) is 26.1 Å². The van der Waals surface area contributed by atoms with Crippen LogP contribution in [0.25, 0.3) is 0 Å². The Morgan fingerprint density at radius 3 is 3.00 bits per heavy atom. The Labute approximate surface area is 85.9 Å². The van der Waals surface area contributed by atoms with Gasteiger partial charge in [0.05, 0.1) is 11.9 Å². The summed E-state index contributed by atoms with van der Waals surface area (Å²) in [5.74, 6) is 0. The molecule has 0 fully saturated rings. The van der Waals surface area contributed by atoms with Gasteiger partial charge in [-0.05, 0) is 13.5 Å². The number of nitrogens with one attached hydrogen (secondary N) is 1. The van der Waals surface area contributed by atoms with Gasteiger partial charge in [0.2, 0.25) is 0 Å². The van der Waals surface area contributed by atoms with Crippen molar-refractivity contribution in [3.63, 3.8) is 0 Å². The van der Waals surface area contributed by atoms with Gasteiger partial charge in [-0.25, -0.2) is 0 Å². The fraction of sp³-hybridized carbons (Fsp3) is 0.700. The molecule has 80 valence electrons. The van der Waals surface area contributed by atoms with Crippen molar-refractivity contribution in [3.8, 4) is 0 Å². The summed E-state index contributed by atoms with van der Waals surface area (Å²) >= 11 is 0. The van der Waals surface area contributed by atoms with Crippen LogP contribution in [-0.4, -0.2) is 37.0 Å². The maximum absolute atomic E-state index is 4.29. The first-order valence-corrected chi connectivity index (χ1v) is 5.16. The van der Waals surface area contributed by atoms with Crippen molar-refractivity contribution in [3.05, 3.63) is 12.4 Å². The van der Waals surface area contributed by atoms with Crippen LogP contribution in [0, 0.1) is 0 Å². The summed E-state index contributed by atoms with van der Waals surface area (Å²) in [6.45, 7) is 5.16. The molecule has 14 heavy (non-hydrogen) atoms. The molecule has 0 unspecified atom stereocenters. The molecule has 0 spiro atoms. The van der Waals surface area contributed by atoms with E-state index in [4.69, 9.17) is 0 Å². The van der Waals surface area contributed by atoms with Crippen LogP contribution >= 0.6 is 0 Å². The standard InChI is InChI=1S/C10H20N4/c1-4-6-14-9-10(8-12-14)13(3)7-5-11-2/h8-9,11H,4-7H2,1-3H3. The van der Waals surface area contributed by atoms with Gasteiger partial charge in [-0.1, -0.05) is 6.92 Å². The third-order valence-corrected chi connectivity index (χ3v) is 2.21. The minimum absolute atomic E-state index is 0.995. The monoisotopic (exact) mass is 196 g/mol. The van der Waals surface area contributed by atoms with Crippen LogP contribution in [0.2, 0.25) is 0 Å². The fourth-order valence-corrected chi connectivity index (χ4v) is 1.31. The summed E-state index contributed by atoms with van der Waals surface area (Å²) in [5, 5.41) is 7.42. The van der Waals surface area contributed by atoms with E-state index in [9.17, 15) is 0 Å². The van der Waals surface area contributed by atoms with Crippen LogP contribution in [0.5, 0.6) is 0 Å². The highest BCUT2D eigenvalue weighted by Gasteiger charge is 2.02. The maximum atomic E-state index is 4.29. The van der Waals surface area contributed by atoms with Crippen molar-refractivity contribution in [2.75, 3.05) is 32.1 Å². The summed E-state index contributed by atoms with van der Waals surface area (Å²) in [4.78, 5) is 2.20. The number of aromatic nitrogens is 2. The molecular weight excluding hydrogens is 176 g/mol. The molecular formula is C10H20N4. The smallest absolute Gasteiger partial charge is 0.0750 e. The van der Waals surface area contributed by atoms with Crippen molar-refractivity contribution in [2.45, 2.75) is 19.9 Å². The number of anilines is 1. The average Bonchev–Trinajstić information content (AvgIpc) is 2.63. The van der Waals surface area contributed by atoms with Crippen molar-refractivity contribution < 1.29 is 0 Å². The molecule has 0 radical (unpaired) electrons. The van der Waals surface area contributed by atoms with E-state index in [0.29, 0.717) is 0 Å². The first-order chi connectivity index (χ1) is 6.77. The molecule has 0 saturated heterocycles. The zero-order valence-electron chi connectivity index (χ0n) is 9.32. The van der Waals surface area contributed by atoms with E-state index in [1.165, 1.54) is 5.69 Å². The predicted molar refractivity (Wildman–Crippen MR) is 59.7 cm³/mol. The lowest BCUT2D eigenvalue weighted by molar-refractivity contribution is 0.602. The molecule has 0 aliphatic heterocycles. The van der Waals surface area contributed by atoms with Gasteiger partial charge in [0.25, 0.3) is 0 Å². The molecule has 1 N–H and O–H groups in total. The Morgan fingerprint density at radius 2 is 2.36 bits per heavy atom. The SMILES string of the molecule is CCCn1cc(N(C)CCNC)cn1. The van der Waals surface area contributed by atoms with E-state index in [1.54, 1.807) is 0 Å². The van der Waals surface area contributed by atoms with Crippen LogP contribution in [0.3, 0.4) is 0 Å². The van der Waals surface area contributed by atoms with Crippen molar-refractivity contribution in [1.29, 1.82) is 0 Å². The molecule has 1 aromatic heterocycles. The lowest BCUT2D eigenvalue weighted by atomic mass is 10.4. The fourth-order valence-electron chi connectivity index (χ4n) is 1.31. The minimum Gasteiger partial charge on any atom is -0.371 e. The molecule has 0 bridgehead atoms. The lowest BCUT2D eigenvalue weighted by Crippen LogP contribution is -2.26. The maximum Gasteiger partial charge on any atom is 0.0750 e. The van der Waals surface area contributed by atoms with Gasteiger partial charge in [-0.2, -0.15) is 5.10 Å². The minimum atomic E-state index is 0.995. The second-order valence-corrected chi connectivity index (χ2v) is 3.49. The van der Waals surface area contributed by atoms with Crippen molar-refractivity contribution in [1.82, 2.24) is 15.1 Å². The quantitative estimate of drug-likeness (QED) is 0.735. The Hall–Kier alpha value is -1.03. The van der Waals surface area contributed by atoms with Gasteiger partial charge in [-0.15, -0.1) is 0 Å². The summed E-state index contributed by atoms with van der Waals surface area (Å²) in [5.41, 5.74) is 1.19. The Morgan fingerprint density at radius 1 is 1.57 bits per heavy atom. The van der Waals surface area contributed by atoms with Crippen LogP contribution in [0.4, 0.5) is 5.69 Å². The van der Waals surface area contributed by atoms with Crippen molar-refractivity contribution >= 4 is 5.69 Å². The zero-order valence-corrected chi connectivity index (χ0v) is 9.32. The third kappa shape index (κ3) is 3.03. The molecule has 1 rings (SSSR count). The van der Waals surface area contributed by atoms with E-state index in [1.807, 2.05) is 17.9 Å². The average molecular weight is 196 g/mol. The van der Waals surface area contributed by atoms with Crippen LogP contribution in [0.15, 0.2) is 12.4 Å². The highest BCUT2D eigenvalue weighted by molar-refractivity contribution is 5.41. The van der Waals surface area contributed by atoms with Gasteiger partial charge in [-0.3, -0.25) is 4.68 Å². The van der Waals surface area contributed by atoms with Gasteiger partial charge < -0.3 is 10.2 Å². The van der Waals surface area contributed by atoms with E-state index in [-0.39, 0.29) is 0 Å². The number of hydrogen-bond acceptors (Lipinski definition) is 3. The summed E-state index contributed by atoms with van der Waals surface area (Å²) in [6, 6.07) is 0. The molecule has 0 saturated carbocycles. The van der Waals surface area contributed by atoms with Gasteiger partial charge in [0.15, 0.2) is 0 Å². The van der Waals surface area contributed by atoms with E-state index < -0.39 is 0 Å². The lowest BCUT2D eigenvalue weighted by Gasteiger charge is -2.16. The number of aryl methyl sites for hydroxylation is 1. The number of hydrogen-bond donors (Lipinski definition) is 1. The van der Waals surface area contributed by atoms with Gasteiger partial charge >= 0.3 is 0 Å². The Bertz CT molecular complexity index is 256. The molecule has 1 heterocycles.